The van der Waals surface area contributed by atoms with Gasteiger partial charge in [0.05, 0.1) is 22.1 Å². The summed E-state index contributed by atoms with van der Waals surface area (Å²) < 4.78 is 18.7. The maximum Gasteiger partial charge on any atom is 0.172 e. The molecular formula is C59H36NOP. The summed E-state index contributed by atoms with van der Waals surface area (Å²) in [6.07, 6.45) is 0. The van der Waals surface area contributed by atoms with E-state index in [4.69, 9.17) is 0 Å². The molecule has 3 heteroatoms. The highest BCUT2D eigenvalue weighted by atomic mass is 31.2. The summed E-state index contributed by atoms with van der Waals surface area (Å²) >= 11 is 0. The Balaban J connectivity index is 1.13. The second-order valence-electron chi connectivity index (χ2n) is 17.1. The number of hydrogen-bond acceptors (Lipinski definition) is 1. The highest BCUT2D eigenvalue weighted by molar-refractivity contribution is 7.86. The Morgan fingerprint density at radius 3 is 1.94 bits per heavy atom. The van der Waals surface area contributed by atoms with Crippen molar-refractivity contribution in [2.45, 2.75) is 5.41 Å². The van der Waals surface area contributed by atoms with Crippen LogP contribution in [-0.4, -0.2) is 4.57 Å². The first kappa shape index (κ1) is 34.2. The molecule has 1 aliphatic carbocycles. The fourth-order valence-corrected chi connectivity index (χ4v) is 14.7. The van der Waals surface area contributed by atoms with E-state index in [2.05, 4.69) is 199 Å². The van der Waals surface area contributed by atoms with Crippen molar-refractivity contribution >= 4 is 55.6 Å². The average Bonchev–Trinajstić information content (AvgIpc) is 3.93. The molecule has 0 fully saturated rings. The summed E-state index contributed by atoms with van der Waals surface area (Å²) in [6, 6.07) is 79.4. The van der Waals surface area contributed by atoms with Gasteiger partial charge in [-0.1, -0.05) is 182 Å². The lowest BCUT2D eigenvalue weighted by atomic mass is 9.65. The topological polar surface area (TPSA) is 22.0 Å². The molecule has 2 aliphatic heterocycles. The molecule has 1 aromatic heterocycles. The number of rotatable bonds is 3. The number of nitrogens with zero attached hydrogens (tertiary/aromatic N) is 1. The van der Waals surface area contributed by atoms with Crippen molar-refractivity contribution in [1.82, 2.24) is 4.57 Å². The quantitative estimate of drug-likeness (QED) is 0.163. The number of hydrogen-bond donors (Lipinski definition) is 0. The van der Waals surface area contributed by atoms with E-state index in [0.29, 0.717) is 0 Å². The van der Waals surface area contributed by atoms with E-state index < -0.39 is 12.6 Å². The Bertz CT molecular complexity index is 3790. The number of para-hydroxylation sites is 3. The molecule has 3 aliphatic rings. The third-order valence-electron chi connectivity index (χ3n) is 14.2. The van der Waals surface area contributed by atoms with Gasteiger partial charge < -0.3 is 9.13 Å². The zero-order valence-electron chi connectivity index (χ0n) is 33.6. The van der Waals surface area contributed by atoms with Crippen LogP contribution in [0.2, 0.25) is 0 Å². The Morgan fingerprint density at radius 2 is 1.05 bits per heavy atom. The van der Waals surface area contributed by atoms with Gasteiger partial charge in [-0.15, -0.1) is 0 Å². The standard InChI is InChI=1S/C59H36NOP/c61-62(42-17-5-2-6-18-42)55-28-12-8-20-45(55)47-35-52-48(36-56(47)62)57-43(40-32-30-38-29-31-39(33-41(38)34-40)37-15-3-1-4-16-37)21-13-24-50(57)59(52)49-23-9-11-27-54(49)60-53-26-10-7-19-44(53)46-22-14-25-51(59)58(46)60/h1-36H/t59?,62-/m0/s1. The van der Waals surface area contributed by atoms with Gasteiger partial charge in [-0.3, -0.25) is 0 Å². The van der Waals surface area contributed by atoms with Crippen LogP contribution in [0.3, 0.4) is 0 Å². The lowest BCUT2D eigenvalue weighted by Gasteiger charge is -2.39. The largest absolute Gasteiger partial charge is 0.309 e. The van der Waals surface area contributed by atoms with Crippen molar-refractivity contribution in [3.8, 4) is 50.2 Å². The summed E-state index contributed by atoms with van der Waals surface area (Å²) in [6.45, 7) is 0. The monoisotopic (exact) mass is 805 g/mol. The van der Waals surface area contributed by atoms with E-state index in [9.17, 15) is 0 Å². The molecule has 10 aromatic carbocycles. The summed E-state index contributed by atoms with van der Waals surface area (Å²) in [5.74, 6) is 0. The van der Waals surface area contributed by atoms with Crippen LogP contribution in [0.15, 0.2) is 218 Å². The molecule has 1 unspecified atom stereocenters. The second kappa shape index (κ2) is 12.3. The van der Waals surface area contributed by atoms with Crippen LogP contribution in [0.5, 0.6) is 0 Å². The van der Waals surface area contributed by atoms with Crippen LogP contribution in [0.1, 0.15) is 22.3 Å². The highest BCUT2D eigenvalue weighted by Gasteiger charge is 2.53. The van der Waals surface area contributed by atoms with E-state index in [-0.39, 0.29) is 0 Å². The fourth-order valence-electron chi connectivity index (χ4n) is 11.7. The number of aromatic nitrogens is 1. The van der Waals surface area contributed by atoms with Crippen LogP contribution in [0, 0.1) is 0 Å². The SMILES string of the molecule is O=[P@@]1(c2ccccc2)c2ccccc2-c2cc3c(cc21)-c1c(-c2ccc4ccc(-c5ccccc5)cc4c2)cccc1C31c2ccccc2-n2c3ccccc3c3cccc1c32. The maximum atomic E-state index is 16.2. The molecular weight excluding hydrogens is 770 g/mol. The lowest BCUT2D eigenvalue weighted by Crippen LogP contribution is -2.33. The minimum absolute atomic E-state index is 0.665. The molecule has 0 radical (unpaired) electrons. The summed E-state index contributed by atoms with van der Waals surface area (Å²) in [7, 11) is -3.24. The molecule has 0 saturated carbocycles. The Morgan fingerprint density at radius 1 is 0.387 bits per heavy atom. The number of fused-ring (bicyclic) bond motifs is 16. The molecule has 1 spiro atoms. The molecule has 11 aromatic rings. The van der Waals surface area contributed by atoms with Crippen molar-refractivity contribution in [2.24, 2.45) is 0 Å². The molecule has 0 bridgehead atoms. The molecule has 62 heavy (non-hydrogen) atoms. The Hall–Kier alpha value is -7.51. The van der Waals surface area contributed by atoms with Gasteiger partial charge in [-0.05, 0) is 114 Å². The Kier molecular flexibility index (Phi) is 6.79. The predicted molar refractivity (Wildman–Crippen MR) is 258 cm³/mol. The van der Waals surface area contributed by atoms with E-state index in [1.165, 1.54) is 82.8 Å². The maximum absolute atomic E-state index is 16.2. The molecule has 3 heterocycles. The first-order chi connectivity index (χ1) is 30.6. The van der Waals surface area contributed by atoms with Crippen molar-refractivity contribution in [3.05, 3.63) is 241 Å². The summed E-state index contributed by atoms with van der Waals surface area (Å²) in [5.41, 5.74) is 17.2. The smallest absolute Gasteiger partial charge is 0.172 e. The van der Waals surface area contributed by atoms with Gasteiger partial charge >= 0.3 is 0 Å². The minimum atomic E-state index is -3.24. The first-order valence-electron chi connectivity index (χ1n) is 21.4. The van der Waals surface area contributed by atoms with Crippen molar-refractivity contribution in [1.29, 1.82) is 0 Å². The lowest BCUT2D eigenvalue weighted by molar-refractivity contribution is 0.593. The van der Waals surface area contributed by atoms with E-state index in [0.717, 1.165) is 38.2 Å². The van der Waals surface area contributed by atoms with Crippen LogP contribution < -0.4 is 15.9 Å². The van der Waals surface area contributed by atoms with Crippen molar-refractivity contribution in [2.75, 3.05) is 0 Å². The van der Waals surface area contributed by atoms with Crippen LogP contribution in [0.25, 0.3) is 82.8 Å². The van der Waals surface area contributed by atoms with E-state index in [1.807, 2.05) is 24.3 Å². The molecule has 2 nitrogen and oxygen atoms in total. The normalized spacial score (nSPS) is 17.5. The highest BCUT2D eigenvalue weighted by Crippen LogP contribution is 2.64. The third kappa shape index (κ3) is 4.22. The molecule has 2 atom stereocenters. The Labute approximate surface area is 359 Å². The van der Waals surface area contributed by atoms with Gasteiger partial charge in [0.1, 0.15) is 0 Å². The van der Waals surface area contributed by atoms with E-state index in [1.54, 1.807) is 0 Å². The van der Waals surface area contributed by atoms with Gasteiger partial charge in [0.15, 0.2) is 7.14 Å². The van der Waals surface area contributed by atoms with Crippen LogP contribution >= 0.6 is 7.14 Å². The van der Waals surface area contributed by atoms with E-state index >= 15 is 4.57 Å². The summed E-state index contributed by atoms with van der Waals surface area (Å²) in [5, 5.41) is 7.62. The summed E-state index contributed by atoms with van der Waals surface area (Å²) in [4.78, 5) is 0. The van der Waals surface area contributed by atoms with Crippen molar-refractivity contribution in [3.63, 3.8) is 0 Å². The van der Waals surface area contributed by atoms with Crippen LogP contribution in [-0.2, 0) is 9.98 Å². The molecule has 0 amide bonds. The zero-order chi connectivity index (χ0) is 40.7. The third-order valence-corrected chi connectivity index (χ3v) is 17.3. The molecule has 14 rings (SSSR count). The minimum Gasteiger partial charge on any atom is -0.309 e. The predicted octanol–water partition coefficient (Wildman–Crippen LogP) is 13.6. The molecule has 0 saturated heterocycles. The van der Waals surface area contributed by atoms with Gasteiger partial charge in [0.2, 0.25) is 0 Å². The average molecular weight is 806 g/mol. The van der Waals surface area contributed by atoms with Gasteiger partial charge in [-0.2, -0.15) is 0 Å². The van der Waals surface area contributed by atoms with Gasteiger partial charge in [-0.25, -0.2) is 0 Å². The van der Waals surface area contributed by atoms with Gasteiger partial charge in [0.25, 0.3) is 0 Å². The molecule has 288 valence electrons. The van der Waals surface area contributed by atoms with Crippen LogP contribution in [0.4, 0.5) is 0 Å². The number of benzene rings is 10. The first-order valence-corrected chi connectivity index (χ1v) is 23.2. The van der Waals surface area contributed by atoms with Crippen molar-refractivity contribution < 1.29 is 4.57 Å². The molecule has 0 N–H and O–H groups in total. The zero-order valence-corrected chi connectivity index (χ0v) is 34.5. The van der Waals surface area contributed by atoms with Gasteiger partial charge in [0, 0.05) is 26.7 Å². The second-order valence-corrected chi connectivity index (χ2v) is 19.8. The fraction of sp³-hybridized carbons (Fsp3) is 0.0169.